The first kappa shape index (κ1) is 66.3. The molecule has 0 aromatic carbocycles. The number of fused-ring (bicyclic) bond motifs is 5. The van der Waals surface area contributed by atoms with Crippen LogP contribution in [0.15, 0.2) is 23.3 Å². The van der Waals surface area contributed by atoms with Crippen molar-refractivity contribution in [3.8, 4) is 0 Å². The van der Waals surface area contributed by atoms with Gasteiger partial charge in [0.1, 0.15) is 53.4 Å². The maximum absolute atomic E-state index is 13.6. The Morgan fingerprint density at radius 2 is 1.06 bits per heavy atom. The Hall–Kier alpha value is -2.14. The van der Waals surface area contributed by atoms with Crippen LogP contribution in [0.2, 0.25) is 0 Å². The van der Waals surface area contributed by atoms with Crippen molar-refractivity contribution in [2.24, 2.45) is 22.7 Å². The lowest BCUT2D eigenvalue weighted by Gasteiger charge is -2.67. The number of aliphatic hydroxyl groups is 5. The SMILES string of the molecule is CO[C@H]1C[C@H](O[C@H]2[C@H](C)O[C@@H](O[C@@H]3[C@@H](C)O[C@@H](O[C@H]4[C@@H](O)C[C@H](O[C@H]5CC[C@@]6(C)C(=CC[C@]7(O)[C@@H]6C[C@@H](OC(=O)/C=C(\C)C(C)C)[C@@]6(C)[C@]7(O)CC[C@@]6(O)C(C)=O)C5)O[C@@H]4C)C[C@H]3OC)C[C@H]2OC)O[C@H](C)[C@H]1O[C@H]1C[C@@H](OC)[C@@H](O)[C@H](C)O1. The summed E-state index contributed by atoms with van der Waals surface area (Å²) in [6.07, 6.45) is -6.38. The Balaban J connectivity index is 0.768. The van der Waals surface area contributed by atoms with Crippen LogP contribution in [0, 0.1) is 22.7 Å². The first-order chi connectivity index (χ1) is 39.6. The van der Waals surface area contributed by atoms with Crippen LogP contribution in [-0.2, 0) is 80.6 Å². The van der Waals surface area contributed by atoms with E-state index in [4.69, 9.17) is 71.1 Å². The molecule has 8 fully saturated rings. The predicted molar refractivity (Wildman–Crippen MR) is 298 cm³/mol. The molecule has 22 nitrogen and oxygen atoms in total. The molecule has 0 amide bonds. The first-order valence-corrected chi connectivity index (χ1v) is 30.9. The number of aliphatic hydroxyl groups excluding tert-OH is 2. The van der Waals surface area contributed by atoms with Gasteiger partial charge in [-0.15, -0.1) is 0 Å². The number of ketones is 1. The third kappa shape index (κ3) is 12.2. The number of Topliss-reactive ketones (excluding diaryl/α,β-unsaturated/α-hetero) is 1. The fourth-order valence-electron chi connectivity index (χ4n) is 16.1. The van der Waals surface area contributed by atoms with Gasteiger partial charge in [0.2, 0.25) is 0 Å². The highest BCUT2D eigenvalue weighted by molar-refractivity contribution is 5.87. The molecule has 0 aromatic rings. The first-order valence-electron chi connectivity index (χ1n) is 30.9. The van der Waals surface area contributed by atoms with E-state index in [-0.39, 0.29) is 50.2 Å². The van der Waals surface area contributed by atoms with Gasteiger partial charge in [0, 0.05) is 72.5 Å². The molecule has 3 saturated carbocycles. The van der Waals surface area contributed by atoms with E-state index < -0.39 is 168 Å². The molecular weight excluding hydrogens is 1100 g/mol. The minimum absolute atomic E-state index is 0.0517. The predicted octanol–water partition coefficient (Wildman–Crippen LogP) is 5.01. The summed E-state index contributed by atoms with van der Waals surface area (Å²) in [6, 6.07) is 0. The molecule has 0 unspecified atom stereocenters. The van der Waals surface area contributed by atoms with Crippen molar-refractivity contribution in [3.05, 3.63) is 23.3 Å². The smallest absolute Gasteiger partial charge is 0.330 e. The molecule has 28 atom stereocenters. The highest BCUT2D eigenvalue weighted by atomic mass is 16.8. The molecular formula is C62H100O22. The van der Waals surface area contributed by atoms with E-state index in [0.717, 1.165) is 11.1 Å². The fraction of sp³-hybridized carbons (Fsp3) is 0.903. The number of hydrogen-bond donors (Lipinski definition) is 5. The zero-order valence-electron chi connectivity index (χ0n) is 52.2. The molecule has 9 aliphatic rings. The second-order valence-electron chi connectivity index (χ2n) is 26.6. The lowest BCUT2D eigenvalue weighted by atomic mass is 9.42. The van der Waals surface area contributed by atoms with E-state index >= 15 is 0 Å². The third-order valence-corrected chi connectivity index (χ3v) is 21.6. The minimum Gasteiger partial charge on any atom is -0.458 e. The standard InChI is InChI=1S/C62H100O22/c1-30(2)31(3)22-47(65)80-46-29-45-58(10)18-17-39(23-38(58)16-19-61(45,68)62(69)21-20-60(67,37(9)63)59(46,62)11)79-48-24-40(64)54(33(5)75-48)81-50-26-42(71-13)56(34(6)76-50)83-52-28-44(73-15)57(36(8)78-52)84-51-27-43(72-14)55(35(7)77-51)82-49-25-41(70-12)53(66)32(4)74-49/h16,22,30,32-36,39-46,48-57,64,66-69H,17-21,23-29H2,1-15H3/b31-22+/t32-,33+,34+,35+,36-,39-,40-,41+,42+,43-,44+,45+,46+,48-,49-,50-,51-,52-,53-,54+,55+,56+,57-,58-,59+,60+,61-,62+/m0/s1. The number of rotatable bonds is 18. The summed E-state index contributed by atoms with van der Waals surface area (Å²) in [7, 11) is 6.43. The molecule has 480 valence electrons. The molecule has 84 heavy (non-hydrogen) atoms. The van der Waals surface area contributed by atoms with E-state index in [1.165, 1.54) is 13.0 Å². The van der Waals surface area contributed by atoms with E-state index in [0.29, 0.717) is 44.9 Å². The summed E-state index contributed by atoms with van der Waals surface area (Å²) in [5, 5.41) is 60.2. The lowest BCUT2D eigenvalue weighted by molar-refractivity contribution is -0.351. The van der Waals surface area contributed by atoms with Crippen LogP contribution < -0.4 is 0 Å². The quantitative estimate of drug-likeness (QED) is 0.0686. The van der Waals surface area contributed by atoms with Crippen LogP contribution in [0.3, 0.4) is 0 Å². The lowest BCUT2D eigenvalue weighted by Crippen LogP contribution is -2.78. The topological polar surface area (TPSA) is 274 Å². The molecule has 9 rings (SSSR count). The van der Waals surface area contributed by atoms with E-state index in [2.05, 4.69) is 6.92 Å². The Bertz CT molecular complexity index is 2330. The number of ether oxygens (including phenoxy) is 15. The van der Waals surface area contributed by atoms with Crippen molar-refractivity contribution in [1.82, 2.24) is 0 Å². The van der Waals surface area contributed by atoms with Gasteiger partial charge in [-0.05, 0) is 112 Å². The average molecular weight is 1200 g/mol. The van der Waals surface area contributed by atoms with Gasteiger partial charge in [0.25, 0.3) is 0 Å². The van der Waals surface area contributed by atoms with Crippen molar-refractivity contribution < 1.29 is 106 Å². The van der Waals surface area contributed by atoms with Gasteiger partial charge in [-0.2, -0.15) is 0 Å². The molecule has 5 N–H and O–H groups in total. The second kappa shape index (κ2) is 26.0. The molecule has 0 radical (unpaired) electrons. The maximum Gasteiger partial charge on any atom is 0.330 e. The van der Waals surface area contributed by atoms with Gasteiger partial charge in [0.05, 0.1) is 72.6 Å². The molecule has 4 aliphatic carbocycles. The van der Waals surface area contributed by atoms with Gasteiger partial charge in [-0.3, -0.25) is 4.79 Å². The summed E-state index contributed by atoms with van der Waals surface area (Å²) >= 11 is 0. The maximum atomic E-state index is 13.6. The third-order valence-electron chi connectivity index (χ3n) is 21.6. The Kier molecular flexibility index (Phi) is 20.5. The van der Waals surface area contributed by atoms with Crippen LogP contribution in [0.25, 0.3) is 0 Å². The molecule has 0 spiro atoms. The molecule has 5 heterocycles. The second-order valence-corrected chi connectivity index (χ2v) is 26.6. The highest BCUT2D eigenvalue weighted by Gasteiger charge is 2.81. The van der Waals surface area contributed by atoms with Crippen molar-refractivity contribution in [2.75, 3.05) is 28.4 Å². The minimum atomic E-state index is -2.04. The number of esters is 1. The number of carbonyl (C=O) groups is 2. The number of methoxy groups -OCH3 is 4. The molecule has 5 aliphatic heterocycles. The van der Waals surface area contributed by atoms with Gasteiger partial charge >= 0.3 is 5.97 Å². The summed E-state index contributed by atoms with van der Waals surface area (Å²) in [5.41, 5.74) is -6.27. The number of carbonyl (C=O) groups excluding carboxylic acids is 2. The van der Waals surface area contributed by atoms with Gasteiger partial charge in [0.15, 0.2) is 37.2 Å². The Morgan fingerprint density at radius 1 is 0.607 bits per heavy atom. The van der Waals surface area contributed by atoms with E-state index in [1.54, 1.807) is 42.3 Å². The van der Waals surface area contributed by atoms with Crippen molar-refractivity contribution >= 4 is 11.8 Å². The van der Waals surface area contributed by atoms with Crippen molar-refractivity contribution in [2.45, 2.75) is 305 Å². The summed E-state index contributed by atoms with van der Waals surface area (Å²) < 4.78 is 94.2. The van der Waals surface area contributed by atoms with Crippen molar-refractivity contribution in [3.63, 3.8) is 0 Å². The Morgan fingerprint density at radius 3 is 1.52 bits per heavy atom. The van der Waals surface area contributed by atoms with Crippen LogP contribution >= 0.6 is 0 Å². The normalized spacial score (nSPS) is 50.0. The highest BCUT2D eigenvalue weighted by Crippen LogP contribution is 2.71. The Labute approximate surface area is 496 Å². The molecule has 5 saturated heterocycles. The van der Waals surface area contributed by atoms with Crippen LogP contribution in [0.4, 0.5) is 0 Å². The van der Waals surface area contributed by atoms with Crippen LogP contribution in [-0.4, -0.2) is 218 Å². The molecule has 22 heteroatoms. The fourth-order valence-corrected chi connectivity index (χ4v) is 16.1. The number of allylic oxidation sites excluding steroid dienone is 1. The van der Waals surface area contributed by atoms with Crippen molar-refractivity contribution in [1.29, 1.82) is 0 Å². The van der Waals surface area contributed by atoms with Gasteiger partial charge < -0.3 is 96.6 Å². The van der Waals surface area contributed by atoms with Crippen LogP contribution in [0.5, 0.6) is 0 Å². The zero-order chi connectivity index (χ0) is 61.2. The van der Waals surface area contributed by atoms with E-state index in [1.807, 2.05) is 54.5 Å². The molecule has 0 bridgehead atoms. The van der Waals surface area contributed by atoms with Gasteiger partial charge in [-0.25, -0.2) is 4.79 Å². The summed E-state index contributed by atoms with van der Waals surface area (Å²) in [4.78, 5) is 26.9. The van der Waals surface area contributed by atoms with Crippen LogP contribution in [0.1, 0.15) is 153 Å². The summed E-state index contributed by atoms with van der Waals surface area (Å²) in [5.74, 6) is -1.68. The van der Waals surface area contributed by atoms with E-state index in [9.17, 15) is 35.1 Å². The average Bonchev–Trinajstić information content (AvgIpc) is 1.38. The summed E-state index contributed by atoms with van der Waals surface area (Å²) in [6.45, 7) is 20.1. The van der Waals surface area contributed by atoms with Gasteiger partial charge in [-0.1, -0.05) is 38.0 Å². The molecule has 0 aromatic heterocycles. The monoisotopic (exact) mass is 1200 g/mol. The number of hydrogen-bond acceptors (Lipinski definition) is 22. The zero-order valence-corrected chi connectivity index (χ0v) is 52.2. The largest absolute Gasteiger partial charge is 0.458 e.